The number of carbonyl (C=O) groups excluding carboxylic acids is 1. The second kappa shape index (κ2) is 4.80. The van der Waals surface area contributed by atoms with Crippen LogP contribution in [0, 0.1) is 6.92 Å². The Labute approximate surface area is 112 Å². The van der Waals surface area contributed by atoms with E-state index in [4.69, 9.17) is 4.74 Å². The number of aromatic hydroxyl groups is 1. The number of benzene rings is 2. The second-order valence-electron chi connectivity index (χ2n) is 4.70. The Morgan fingerprint density at radius 3 is 2.47 bits per heavy atom. The van der Waals surface area contributed by atoms with Crippen LogP contribution in [-0.2, 0) is 0 Å². The number of phenolic OH excluding ortho intramolecular Hbond substituents is 1. The van der Waals surface area contributed by atoms with E-state index in [2.05, 4.69) is 0 Å². The van der Waals surface area contributed by atoms with Gasteiger partial charge in [0.05, 0.1) is 12.7 Å². The summed E-state index contributed by atoms with van der Waals surface area (Å²) in [6.45, 7) is 1.90. The molecule has 4 nitrogen and oxygen atoms in total. The van der Waals surface area contributed by atoms with E-state index in [-0.39, 0.29) is 11.7 Å². The first-order valence-electron chi connectivity index (χ1n) is 5.97. The van der Waals surface area contributed by atoms with Gasteiger partial charge in [0.1, 0.15) is 11.5 Å². The average molecular weight is 259 g/mol. The molecule has 0 aliphatic heterocycles. The zero-order chi connectivity index (χ0) is 14.2. The molecule has 0 heterocycles. The van der Waals surface area contributed by atoms with Gasteiger partial charge >= 0.3 is 0 Å². The molecule has 0 saturated heterocycles. The van der Waals surface area contributed by atoms with E-state index < -0.39 is 0 Å². The van der Waals surface area contributed by atoms with Crippen molar-refractivity contribution in [3.05, 3.63) is 35.4 Å². The van der Waals surface area contributed by atoms with Crippen LogP contribution in [0.5, 0.6) is 11.5 Å². The van der Waals surface area contributed by atoms with Gasteiger partial charge in [-0.25, -0.2) is 0 Å². The summed E-state index contributed by atoms with van der Waals surface area (Å²) in [7, 11) is 4.91. The lowest BCUT2D eigenvalue weighted by molar-refractivity contribution is 0.0826. The molecule has 0 aromatic heterocycles. The molecule has 0 bridgehead atoms. The van der Waals surface area contributed by atoms with Crippen LogP contribution in [0.25, 0.3) is 10.8 Å². The minimum absolute atomic E-state index is 0.144. The van der Waals surface area contributed by atoms with Crippen molar-refractivity contribution in [2.45, 2.75) is 6.92 Å². The predicted molar refractivity (Wildman–Crippen MR) is 74.9 cm³/mol. The Morgan fingerprint density at radius 1 is 1.21 bits per heavy atom. The van der Waals surface area contributed by atoms with Crippen molar-refractivity contribution in [3.63, 3.8) is 0 Å². The fourth-order valence-electron chi connectivity index (χ4n) is 2.20. The Balaban J connectivity index is 2.87. The maximum atomic E-state index is 12.3. The van der Waals surface area contributed by atoms with Gasteiger partial charge in [-0.2, -0.15) is 0 Å². The molecular weight excluding hydrogens is 242 g/mol. The van der Waals surface area contributed by atoms with E-state index in [1.807, 2.05) is 13.0 Å². The lowest BCUT2D eigenvalue weighted by Crippen LogP contribution is -2.22. The third-order valence-electron chi connectivity index (χ3n) is 3.13. The Kier molecular flexibility index (Phi) is 3.34. The minimum Gasteiger partial charge on any atom is -0.508 e. The van der Waals surface area contributed by atoms with E-state index in [9.17, 15) is 9.90 Å². The van der Waals surface area contributed by atoms with Crippen molar-refractivity contribution in [1.82, 2.24) is 4.90 Å². The molecule has 0 aliphatic carbocycles. The summed E-state index contributed by atoms with van der Waals surface area (Å²) in [6, 6.07) is 6.96. The minimum atomic E-state index is -0.146. The molecule has 0 radical (unpaired) electrons. The Bertz CT molecular complexity index is 647. The van der Waals surface area contributed by atoms with E-state index in [0.717, 1.165) is 10.9 Å². The van der Waals surface area contributed by atoms with E-state index in [0.29, 0.717) is 16.7 Å². The van der Waals surface area contributed by atoms with Crippen molar-refractivity contribution >= 4 is 16.7 Å². The monoisotopic (exact) mass is 259 g/mol. The van der Waals surface area contributed by atoms with Gasteiger partial charge in [-0.1, -0.05) is 6.07 Å². The lowest BCUT2D eigenvalue weighted by atomic mass is 9.98. The summed E-state index contributed by atoms with van der Waals surface area (Å²) in [5.41, 5.74) is 1.40. The third-order valence-corrected chi connectivity index (χ3v) is 3.13. The van der Waals surface area contributed by atoms with Crippen LogP contribution < -0.4 is 4.74 Å². The standard InChI is InChI=1S/C15H17NO3/c1-9-7-10(17)8-12-11(9)5-6-13(19-4)14(12)15(18)16(2)3/h5-8,17H,1-4H3. The normalized spacial score (nSPS) is 10.5. The number of amides is 1. The number of methoxy groups -OCH3 is 1. The van der Waals surface area contributed by atoms with Gasteiger partial charge in [0.25, 0.3) is 5.91 Å². The first-order chi connectivity index (χ1) is 8.95. The number of aryl methyl sites for hydroxylation is 1. The Hall–Kier alpha value is -2.23. The molecule has 0 saturated carbocycles. The van der Waals surface area contributed by atoms with Crippen molar-refractivity contribution in [3.8, 4) is 11.5 Å². The van der Waals surface area contributed by atoms with E-state index >= 15 is 0 Å². The summed E-state index contributed by atoms with van der Waals surface area (Å²) in [6.07, 6.45) is 0. The number of phenols is 1. The summed E-state index contributed by atoms with van der Waals surface area (Å²) in [5, 5.41) is 11.4. The quantitative estimate of drug-likeness (QED) is 0.901. The average Bonchev–Trinajstić information content (AvgIpc) is 2.36. The summed E-state index contributed by atoms with van der Waals surface area (Å²) >= 11 is 0. The molecule has 0 fully saturated rings. The molecule has 1 N–H and O–H groups in total. The largest absolute Gasteiger partial charge is 0.508 e. The van der Waals surface area contributed by atoms with E-state index in [1.165, 1.54) is 12.0 Å². The molecule has 100 valence electrons. The number of rotatable bonds is 2. The van der Waals surface area contributed by atoms with Crippen molar-refractivity contribution in [2.75, 3.05) is 21.2 Å². The van der Waals surface area contributed by atoms with Crippen molar-refractivity contribution in [2.24, 2.45) is 0 Å². The van der Waals surface area contributed by atoms with Gasteiger partial charge in [-0.15, -0.1) is 0 Å². The lowest BCUT2D eigenvalue weighted by Gasteiger charge is -2.16. The van der Waals surface area contributed by atoms with Crippen LogP contribution in [0.1, 0.15) is 15.9 Å². The molecule has 4 heteroatoms. The maximum absolute atomic E-state index is 12.3. The molecule has 0 spiro atoms. The van der Waals surface area contributed by atoms with Crippen LogP contribution in [-0.4, -0.2) is 37.1 Å². The fraction of sp³-hybridized carbons (Fsp3) is 0.267. The van der Waals surface area contributed by atoms with Gasteiger partial charge in [0.15, 0.2) is 0 Å². The highest BCUT2D eigenvalue weighted by atomic mass is 16.5. The van der Waals surface area contributed by atoms with Gasteiger partial charge in [-0.3, -0.25) is 4.79 Å². The van der Waals surface area contributed by atoms with Gasteiger partial charge < -0.3 is 14.7 Å². The molecule has 2 aromatic carbocycles. The molecule has 19 heavy (non-hydrogen) atoms. The zero-order valence-electron chi connectivity index (χ0n) is 11.5. The first-order valence-corrected chi connectivity index (χ1v) is 5.97. The number of carbonyl (C=O) groups is 1. The molecule has 0 atom stereocenters. The predicted octanol–water partition coefficient (Wildman–Crippen LogP) is 2.56. The molecule has 2 aromatic rings. The van der Waals surface area contributed by atoms with Gasteiger partial charge in [0, 0.05) is 19.5 Å². The number of nitrogens with zero attached hydrogens (tertiary/aromatic N) is 1. The number of hydrogen-bond acceptors (Lipinski definition) is 3. The highest BCUT2D eigenvalue weighted by molar-refractivity contribution is 6.10. The highest BCUT2D eigenvalue weighted by Crippen LogP contribution is 2.33. The smallest absolute Gasteiger partial charge is 0.257 e. The second-order valence-corrected chi connectivity index (χ2v) is 4.70. The van der Waals surface area contributed by atoms with Crippen LogP contribution in [0.15, 0.2) is 24.3 Å². The SMILES string of the molecule is COc1ccc2c(C)cc(O)cc2c1C(=O)N(C)C. The van der Waals surface area contributed by atoms with Crippen molar-refractivity contribution in [1.29, 1.82) is 0 Å². The van der Waals surface area contributed by atoms with Crippen LogP contribution >= 0.6 is 0 Å². The molecule has 2 rings (SSSR count). The molecule has 1 amide bonds. The van der Waals surface area contributed by atoms with Crippen LogP contribution in [0.2, 0.25) is 0 Å². The highest BCUT2D eigenvalue weighted by Gasteiger charge is 2.19. The van der Waals surface area contributed by atoms with Crippen LogP contribution in [0.4, 0.5) is 0 Å². The summed E-state index contributed by atoms with van der Waals surface area (Å²) in [4.78, 5) is 13.8. The van der Waals surface area contributed by atoms with Gasteiger partial charge in [-0.05, 0) is 36.1 Å². The van der Waals surface area contributed by atoms with Crippen LogP contribution in [0.3, 0.4) is 0 Å². The van der Waals surface area contributed by atoms with Gasteiger partial charge in [0.2, 0.25) is 0 Å². The number of hydrogen-bond donors (Lipinski definition) is 1. The number of fused-ring (bicyclic) bond motifs is 1. The Morgan fingerprint density at radius 2 is 1.89 bits per heavy atom. The fourth-order valence-corrected chi connectivity index (χ4v) is 2.20. The van der Waals surface area contributed by atoms with E-state index in [1.54, 1.807) is 32.3 Å². The molecule has 0 aliphatic rings. The summed E-state index contributed by atoms with van der Waals surface area (Å²) < 4.78 is 5.28. The first kappa shape index (κ1) is 13.2. The summed E-state index contributed by atoms with van der Waals surface area (Å²) in [5.74, 6) is 0.509. The van der Waals surface area contributed by atoms with Crippen molar-refractivity contribution < 1.29 is 14.6 Å². The topological polar surface area (TPSA) is 49.8 Å². The zero-order valence-corrected chi connectivity index (χ0v) is 11.5. The number of ether oxygens (including phenoxy) is 1. The molecule has 0 unspecified atom stereocenters. The third kappa shape index (κ3) is 2.21. The molecular formula is C15H17NO3. The maximum Gasteiger partial charge on any atom is 0.257 e.